The number of hydrogen-bond acceptors (Lipinski definition) is 4. The van der Waals surface area contributed by atoms with Crippen LogP contribution in [0.15, 0.2) is 53.3 Å². The summed E-state index contributed by atoms with van der Waals surface area (Å²) in [6, 6.07) is 12.2. The molecule has 2 aliphatic heterocycles. The highest BCUT2D eigenvalue weighted by molar-refractivity contribution is 5.67. The predicted octanol–water partition coefficient (Wildman–Crippen LogP) is 3.60. The Morgan fingerprint density at radius 3 is 2.96 bits per heavy atom. The molecule has 1 spiro atoms. The van der Waals surface area contributed by atoms with Crippen molar-refractivity contribution >= 4 is 0 Å². The molecule has 134 valence electrons. The Morgan fingerprint density at radius 2 is 2.12 bits per heavy atom. The summed E-state index contributed by atoms with van der Waals surface area (Å²) in [6.07, 6.45) is 6.01. The summed E-state index contributed by atoms with van der Waals surface area (Å²) in [4.78, 5) is 7.25. The molecule has 5 rings (SSSR count). The number of benzene rings is 1. The van der Waals surface area contributed by atoms with Crippen molar-refractivity contribution in [3.63, 3.8) is 0 Å². The van der Waals surface area contributed by atoms with Crippen LogP contribution < -0.4 is 4.74 Å². The van der Waals surface area contributed by atoms with E-state index in [2.05, 4.69) is 27.7 Å². The van der Waals surface area contributed by atoms with Gasteiger partial charge in [0.2, 0.25) is 0 Å². The van der Waals surface area contributed by atoms with E-state index in [0.29, 0.717) is 5.41 Å². The van der Waals surface area contributed by atoms with Gasteiger partial charge in [0.25, 0.3) is 0 Å². The number of ether oxygens (including phenoxy) is 1. The molecule has 0 radical (unpaired) electrons. The topological polar surface area (TPSA) is 43.4 Å². The Morgan fingerprint density at radius 1 is 1.19 bits per heavy atom. The average molecular weight is 349 g/mol. The maximum absolute atomic E-state index is 5.56. The molecular weight excluding hydrogens is 326 g/mol. The van der Waals surface area contributed by atoms with E-state index in [1.807, 2.05) is 24.4 Å². The number of imidazole rings is 1. The van der Waals surface area contributed by atoms with E-state index in [9.17, 15) is 0 Å². The van der Waals surface area contributed by atoms with Crippen LogP contribution in [0.4, 0.5) is 0 Å². The summed E-state index contributed by atoms with van der Waals surface area (Å²) in [5.41, 5.74) is 2.59. The van der Waals surface area contributed by atoms with E-state index in [0.717, 1.165) is 49.7 Å². The second kappa shape index (κ2) is 6.02. The van der Waals surface area contributed by atoms with Gasteiger partial charge in [0, 0.05) is 30.5 Å². The lowest BCUT2D eigenvalue weighted by Gasteiger charge is -2.23. The number of methoxy groups -OCH3 is 1. The van der Waals surface area contributed by atoms with Gasteiger partial charge in [0.15, 0.2) is 0 Å². The van der Waals surface area contributed by atoms with Gasteiger partial charge in [-0.1, -0.05) is 12.1 Å². The molecular formula is C21H23N3O2. The molecule has 1 aromatic carbocycles. The first-order chi connectivity index (χ1) is 12.8. The fraction of sp³-hybridized carbons (Fsp3) is 0.381. The van der Waals surface area contributed by atoms with Gasteiger partial charge in [-0.3, -0.25) is 4.90 Å². The van der Waals surface area contributed by atoms with Crippen molar-refractivity contribution in [1.82, 2.24) is 14.5 Å². The van der Waals surface area contributed by atoms with Crippen LogP contribution in [0.1, 0.15) is 18.0 Å². The van der Waals surface area contributed by atoms with Crippen molar-refractivity contribution in [3.05, 3.63) is 60.4 Å². The Hall–Kier alpha value is -2.53. The highest BCUT2D eigenvalue weighted by Gasteiger charge is 2.44. The van der Waals surface area contributed by atoms with Gasteiger partial charge in [-0.05, 0) is 37.2 Å². The Bertz CT molecular complexity index is 915. The minimum atomic E-state index is 0.299. The molecule has 0 amide bonds. The number of rotatable bonds is 4. The molecule has 0 aliphatic carbocycles. The highest BCUT2D eigenvalue weighted by Crippen LogP contribution is 2.43. The molecule has 0 bridgehead atoms. The number of aromatic nitrogens is 2. The summed E-state index contributed by atoms with van der Waals surface area (Å²) in [6.45, 7) is 4.15. The van der Waals surface area contributed by atoms with Crippen LogP contribution in [0, 0.1) is 5.41 Å². The van der Waals surface area contributed by atoms with Gasteiger partial charge in [-0.25, -0.2) is 4.98 Å². The lowest BCUT2D eigenvalue weighted by Crippen LogP contribution is -2.28. The normalized spacial score (nSPS) is 22.2. The van der Waals surface area contributed by atoms with Crippen LogP contribution in [-0.2, 0) is 19.5 Å². The summed E-state index contributed by atoms with van der Waals surface area (Å²) in [5.74, 6) is 3.15. The molecule has 5 nitrogen and oxygen atoms in total. The molecule has 3 aromatic rings. The lowest BCUT2D eigenvalue weighted by atomic mass is 9.86. The minimum Gasteiger partial charge on any atom is -0.496 e. The lowest BCUT2D eigenvalue weighted by molar-refractivity contribution is 0.235. The first-order valence-electron chi connectivity index (χ1n) is 9.19. The second-order valence-electron chi connectivity index (χ2n) is 7.56. The van der Waals surface area contributed by atoms with Crippen LogP contribution in [0.3, 0.4) is 0 Å². The second-order valence-corrected chi connectivity index (χ2v) is 7.56. The van der Waals surface area contributed by atoms with E-state index in [1.54, 1.807) is 13.4 Å². The summed E-state index contributed by atoms with van der Waals surface area (Å²) >= 11 is 0. The number of para-hydroxylation sites is 1. The number of likely N-dealkylation sites (tertiary alicyclic amines) is 1. The van der Waals surface area contributed by atoms with Crippen molar-refractivity contribution in [2.75, 3.05) is 20.2 Å². The number of fused-ring (bicyclic) bond motifs is 1. The zero-order valence-electron chi connectivity index (χ0n) is 15.0. The molecule has 1 saturated heterocycles. The zero-order chi connectivity index (χ0) is 17.6. The molecule has 0 saturated carbocycles. The van der Waals surface area contributed by atoms with E-state index < -0.39 is 0 Å². The molecule has 26 heavy (non-hydrogen) atoms. The van der Waals surface area contributed by atoms with Gasteiger partial charge in [-0.2, -0.15) is 0 Å². The summed E-state index contributed by atoms with van der Waals surface area (Å²) in [5, 5.41) is 0. The molecule has 0 N–H and O–H groups in total. The average Bonchev–Trinajstić information content (AvgIpc) is 3.42. The number of furan rings is 1. The van der Waals surface area contributed by atoms with Crippen LogP contribution in [0.25, 0.3) is 11.3 Å². The molecule has 2 aliphatic rings. The fourth-order valence-corrected chi connectivity index (χ4v) is 4.59. The maximum Gasteiger partial charge on any atom is 0.128 e. The van der Waals surface area contributed by atoms with Crippen molar-refractivity contribution in [1.29, 1.82) is 0 Å². The van der Waals surface area contributed by atoms with Crippen LogP contribution >= 0.6 is 0 Å². The van der Waals surface area contributed by atoms with E-state index in [1.165, 1.54) is 17.9 Å². The molecule has 0 unspecified atom stereocenters. The minimum absolute atomic E-state index is 0.299. The predicted molar refractivity (Wildman–Crippen MR) is 99.0 cm³/mol. The third kappa shape index (κ3) is 2.54. The number of hydrogen-bond donors (Lipinski definition) is 0. The maximum atomic E-state index is 5.56. The molecule has 4 heterocycles. The van der Waals surface area contributed by atoms with Gasteiger partial charge < -0.3 is 13.7 Å². The van der Waals surface area contributed by atoms with Crippen molar-refractivity contribution in [2.45, 2.75) is 25.9 Å². The van der Waals surface area contributed by atoms with Crippen molar-refractivity contribution < 1.29 is 9.15 Å². The Kier molecular flexibility index (Phi) is 3.64. The molecule has 1 atom stereocenters. The van der Waals surface area contributed by atoms with Crippen molar-refractivity contribution in [3.8, 4) is 17.0 Å². The fourth-order valence-electron chi connectivity index (χ4n) is 4.59. The largest absolute Gasteiger partial charge is 0.496 e. The monoisotopic (exact) mass is 349 g/mol. The SMILES string of the molecule is COc1ccccc1-c1cnc2n1C[C@@]1(CCN(Cc3ccco3)C1)C2. The smallest absolute Gasteiger partial charge is 0.128 e. The standard InChI is InChI=1S/C21H23N3O2/c1-25-19-7-3-2-6-17(19)18-12-22-20-11-21(15-24(18)20)8-9-23(14-21)13-16-5-4-10-26-16/h2-7,10,12H,8-9,11,13-15H2,1H3/t21-/m0/s1. The first kappa shape index (κ1) is 15.7. The van der Waals surface area contributed by atoms with Gasteiger partial charge in [0.05, 0.1) is 31.8 Å². The zero-order valence-corrected chi connectivity index (χ0v) is 15.0. The molecule has 1 fully saturated rings. The highest BCUT2D eigenvalue weighted by atomic mass is 16.5. The Labute approximate surface area is 153 Å². The molecule has 5 heteroatoms. The van der Waals surface area contributed by atoms with Gasteiger partial charge >= 0.3 is 0 Å². The van der Waals surface area contributed by atoms with Crippen molar-refractivity contribution in [2.24, 2.45) is 5.41 Å². The third-order valence-electron chi connectivity index (χ3n) is 5.82. The van der Waals surface area contributed by atoms with E-state index >= 15 is 0 Å². The van der Waals surface area contributed by atoms with Gasteiger partial charge in [-0.15, -0.1) is 0 Å². The number of nitrogens with zero attached hydrogens (tertiary/aromatic N) is 3. The third-order valence-corrected chi connectivity index (χ3v) is 5.82. The quantitative estimate of drug-likeness (QED) is 0.722. The molecule has 2 aromatic heterocycles. The van der Waals surface area contributed by atoms with Gasteiger partial charge in [0.1, 0.15) is 17.3 Å². The van der Waals surface area contributed by atoms with E-state index in [-0.39, 0.29) is 0 Å². The summed E-state index contributed by atoms with van der Waals surface area (Å²) in [7, 11) is 1.73. The van der Waals surface area contributed by atoms with Crippen LogP contribution in [0.2, 0.25) is 0 Å². The van der Waals surface area contributed by atoms with Crippen LogP contribution in [0.5, 0.6) is 5.75 Å². The first-order valence-corrected chi connectivity index (χ1v) is 9.19. The Balaban J connectivity index is 1.38. The van der Waals surface area contributed by atoms with Crippen LogP contribution in [-0.4, -0.2) is 34.7 Å². The van der Waals surface area contributed by atoms with E-state index in [4.69, 9.17) is 14.1 Å². The summed E-state index contributed by atoms with van der Waals surface area (Å²) < 4.78 is 13.5.